The molecule has 1 N–H and O–H groups in total. The van der Waals surface area contributed by atoms with E-state index in [2.05, 4.69) is 16.4 Å². The van der Waals surface area contributed by atoms with Gasteiger partial charge in [0, 0.05) is 10.7 Å². The van der Waals surface area contributed by atoms with Crippen molar-refractivity contribution >= 4 is 17.3 Å². The van der Waals surface area contributed by atoms with Crippen LogP contribution in [0.1, 0.15) is 17.0 Å². The molecule has 0 aliphatic rings. The third kappa shape index (κ3) is 2.99. The zero-order valence-electron chi connectivity index (χ0n) is 9.94. The summed E-state index contributed by atoms with van der Waals surface area (Å²) in [5.41, 5.74) is 3.21. The molecule has 0 saturated carbocycles. The number of rotatable bonds is 3. The lowest BCUT2D eigenvalue weighted by Gasteiger charge is -2.08. The van der Waals surface area contributed by atoms with Crippen LogP contribution in [0.4, 0.5) is 5.69 Å². The van der Waals surface area contributed by atoms with Crippen molar-refractivity contribution in [2.75, 3.05) is 5.32 Å². The highest BCUT2D eigenvalue weighted by Gasteiger charge is 2.03. The molecule has 0 aliphatic carbocycles. The zero-order valence-corrected chi connectivity index (χ0v) is 10.7. The highest BCUT2D eigenvalue weighted by Crippen LogP contribution is 2.20. The van der Waals surface area contributed by atoms with E-state index in [9.17, 15) is 0 Å². The van der Waals surface area contributed by atoms with E-state index in [0.29, 0.717) is 17.1 Å². The molecule has 2 rings (SSSR count). The smallest absolute Gasteiger partial charge is 0.101 e. The highest BCUT2D eigenvalue weighted by atomic mass is 35.5. The first-order valence-electron chi connectivity index (χ1n) is 5.55. The van der Waals surface area contributed by atoms with Gasteiger partial charge >= 0.3 is 0 Å². The lowest BCUT2D eigenvalue weighted by Crippen LogP contribution is -2.03. The van der Waals surface area contributed by atoms with E-state index in [4.69, 9.17) is 16.9 Å². The molecule has 0 aliphatic heterocycles. The molecular formula is C14H12ClN3. The van der Waals surface area contributed by atoms with Gasteiger partial charge in [0.25, 0.3) is 0 Å². The summed E-state index contributed by atoms with van der Waals surface area (Å²) >= 11 is 5.92. The van der Waals surface area contributed by atoms with Gasteiger partial charge in [-0.1, -0.05) is 17.7 Å². The molecule has 90 valence electrons. The van der Waals surface area contributed by atoms with E-state index < -0.39 is 0 Å². The number of nitriles is 1. The van der Waals surface area contributed by atoms with Gasteiger partial charge in [0.1, 0.15) is 6.07 Å². The summed E-state index contributed by atoms with van der Waals surface area (Å²) in [7, 11) is 0. The molecule has 0 bridgehead atoms. The summed E-state index contributed by atoms with van der Waals surface area (Å²) < 4.78 is 0. The van der Waals surface area contributed by atoms with Gasteiger partial charge < -0.3 is 5.32 Å². The Bertz CT molecular complexity index is 602. The number of hydrogen-bond donors (Lipinski definition) is 1. The number of benzene rings is 1. The summed E-state index contributed by atoms with van der Waals surface area (Å²) in [5, 5.41) is 12.8. The number of pyridine rings is 1. The molecule has 0 saturated heterocycles. The zero-order chi connectivity index (χ0) is 13.0. The Morgan fingerprint density at radius 2 is 2.17 bits per heavy atom. The van der Waals surface area contributed by atoms with E-state index >= 15 is 0 Å². The second kappa shape index (κ2) is 5.52. The fourth-order valence-electron chi connectivity index (χ4n) is 1.64. The Balaban J connectivity index is 2.15. The topological polar surface area (TPSA) is 48.7 Å². The molecule has 1 aromatic heterocycles. The normalized spacial score (nSPS) is 9.83. The second-order valence-corrected chi connectivity index (χ2v) is 4.36. The Hall–Kier alpha value is -2.05. The minimum Gasteiger partial charge on any atom is -0.378 e. The fourth-order valence-corrected chi connectivity index (χ4v) is 1.82. The van der Waals surface area contributed by atoms with Crippen LogP contribution < -0.4 is 5.32 Å². The SMILES string of the molecule is Cc1cccc(CNc2cc(Cl)ccc2C#N)n1. The molecule has 1 aromatic carbocycles. The molecule has 0 spiro atoms. The molecule has 0 radical (unpaired) electrons. The Labute approximate surface area is 111 Å². The standard InChI is InChI=1S/C14H12ClN3/c1-10-3-2-4-13(18-10)9-17-14-7-12(15)6-5-11(14)8-16/h2-7,17H,9H2,1H3. The van der Waals surface area contributed by atoms with Crippen molar-refractivity contribution in [3.8, 4) is 6.07 Å². The minimum absolute atomic E-state index is 0.566. The minimum atomic E-state index is 0.566. The van der Waals surface area contributed by atoms with Gasteiger partial charge in [0.2, 0.25) is 0 Å². The Kier molecular flexibility index (Phi) is 3.81. The summed E-state index contributed by atoms with van der Waals surface area (Å²) in [6.07, 6.45) is 0. The van der Waals surface area contributed by atoms with Crippen molar-refractivity contribution < 1.29 is 0 Å². The van der Waals surface area contributed by atoms with Crippen LogP contribution in [-0.2, 0) is 6.54 Å². The molecule has 2 aromatic rings. The van der Waals surface area contributed by atoms with E-state index in [1.165, 1.54) is 0 Å². The van der Waals surface area contributed by atoms with Crippen molar-refractivity contribution in [1.29, 1.82) is 5.26 Å². The van der Waals surface area contributed by atoms with Gasteiger partial charge in [-0.2, -0.15) is 5.26 Å². The molecule has 4 heteroatoms. The summed E-state index contributed by atoms with van der Waals surface area (Å²) in [4.78, 5) is 4.39. The number of nitrogens with one attached hydrogen (secondary N) is 1. The quantitative estimate of drug-likeness (QED) is 0.915. The van der Waals surface area contributed by atoms with Crippen LogP contribution in [0.5, 0.6) is 0 Å². The number of anilines is 1. The third-order valence-corrected chi connectivity index (χ3v) is 2.74. The molecule has 18 heavy (non-hydrogen) atoms. The Morgan fingerprint density at radius 1 is 1.33 bits per heavy atom. The maximum atomic E-state index is 9.00. The largest absolute Gasteiger partial charge is 0.378 e. The maximum Gasteiger partial charge on any atom is 0.101 e. The fraction of sp³-hybridized carbons (Fsp3) is 0.143. The number of hydrogen-bond acceptors (Lipinski definition) is 3. The van der Waals surface area contributed by atoms with Crippen LogP contribution in [0, 0.1) is 18.3 Å². The summed E-state index contributed by atoms with van der Waals surface area (Å²) in [5.74, 6) is 0. The molecule has 0 fully saturated rings. The predicted octanol–water partition coefficient (Wildman–Crippen LogP) is 3.53. The van der Waals surface area contributed by atoms with Crippen molar-refractivity contribution in [2.24, 2.45) is 0 Å². The predicted molar refractivity (Wildman–Crippen MR) is 72.5 cm³/mol. The molecule has 0 unspecified atom stereocenters. The third-order valence-electron chi connectivity index (χ3n) is 2.51. The molecular weight excluding hydrogens is 246 g/mol. The summed E-state index contributed by atoms with van der Waals surface area (Å²) in [6.45, 7) is 2.51. The molecule has 3 nitrogen and oxygen atoms in total. The van der Waals surface area contributed by atoms with Crippen molar-refractivity contribution in [3.63, 3.8) is 0 Å². The van der Waals surface area contributed by atoms with Crippen LogP contribution in [0.3, 0.4) is 0 Å². The molecule has 0 amide bonds. The van der Waals surface area contributed by atoms with E-state index in [0.717, 1.165) is 17.1 Å². The van der Waals surface area contributed by atoms with Crippen LogP contribution in [0.15, 0.2) is 36.4 Å². The van der Waals surface area contributed by atoms with E-state index in [-0.39, 0.29) is 0 Å². The van der Waals surface area contributed by atoms with Gasteiger partial charge in [-0.05, 0) is 37.3 Å². The maximum absolute atomic E-state index is 9.00. The number of nitrogens with zero attached hydrogens (tertiary/aromatic N) is 2. The monoisotopic (exact) mass is 257 g/mol. The first-order valence-corrected chi connectivity index (χ1v) is 5.93. The van der Waals surface area contributed by atoms with Crippen molar-refractivity contribution in [2.45, 2.75) is 13.5 Å². The molecule has 0 atom stereocenters. The second-order valence-electron chi connectivity index (χ2n) is 3.93. The van der Waals surface area contributed by atoms with Crippen molar-refractivity contribution in [1.82, 2.24) is 4.98 Å². The van der Waals surface area contributed by atoms with Crippen LogP contribution in [-0.4, -0.2) is 4.98 Å². The van der Waals surface area contributed by atoms with Gasteiger partial charge in [-0.15, -0.1) is 0 Å². The summed E-state index contributed by atoms with van der Waals surface area (Å²) in [6, 6.07) is 13.1. The Morgan fingerprint density at radius 3 is 2.89 bits per heavy atom. The lowest BCUT2D eigenvalue weighted by molar-refractivity contribution is 1.01. The average molecular weight is 258 g/mol. The molecule has 1 heterocycles. The highest BCUT2D eigenvalue weighted by molar-refractivity contribution is 6.30. The number of halogens is 1. The van der Waals surface area contributed by atoms with Gasteiger partial charge in [0.15, 0.2) is 0 Å². The first-order chi connectivity index (χ1) is 8.69. The van der Waals surface area contributed by atoms with Gasteiger partial charge in [-0.3, -0.25) is 4.98 Å². The number of aromatic nitrogens is 1. The van der Waals surface area contributed by atoms with E-state index in [1.54, 1.807) is 18.2 Å². The lowest BCUT2D eigenvalue weighted by atomic mass is 10.2. The van der Waals surface area contributed by atoms with Gasteiger partial charge in [0.05, 0.1) is 23.5 Å². The van der Waals surface area contributed by atoms with E-state index in [1.807, 2.05) is 25.1 Å². The number of aryl methyl sites for hydroxylation is 1. The van der Waals surface area contributed by atoms with Crippen LogP contribution in [0.2, 0.25) is 5.02 Å². The van der Waals surface area contributed by atoms with Crippen molar-refractivity contribution in [3.05, 3.63) is 58.4 Å². The van der Waals surface area contributed by atoms with Crippen LogP contribution in [0.25, 0.3) is 0 Å². The van der Waals surface area contributed by atoms with Gasteiger partial charge in [-0.25, -0.2) is 0 Å². The van der Waals surface area contributed by atoms with Crippen LogP contribution >= 0.6 is 11.6 Å². The first kappa shape index (κ1) is 12.4. The average Bonchev–Trinajstić information content (AvgIpc) is 2.37.